The van der Waals surface area contributed by atoms with Crippen LogP contribution in [0.25, 0.3) is 0 Å². The summed E-state index contributed by atoms with van der Waals surface area (Å²) in [6, 6.07) is 0. The normalized spacial score (nSPS) is 28.6. The summed E-state index contributed by atoms with van der Waals surface area (Å²) in [4.78, 5) is 37.4. The van der Waals surface area contributed by atoms with Crippen molar-refractivity contribution in [3.8, 4) is 0 Å². The van der Waals surface area contributed by atoms with Gasteiger partial charge in [-0.2, -0.15) is 0 Å². The van der Waals surface area contributed by atoms with Crippen LogP contribution in [-0.2, 0) is 14.3 Å². The van der Waals surface area contributed by atoms with E-state index >= 15 is 0 Å². The van der Waals surface area contributed by atoms with E-state index in [2.05, 4.69) is 4.98 Å². The van der Waals surface area contributed by atoms with E-state index < -0.39 is 35.0 Å². The van der Waals surface area contributed by atoms with E-state index in [4.69, 9.17) is 9.47 Å². The molecule has 8 heteroatoms. The summed E-state index contributed by atoms with van der Waals surface area (Å²) < 4.78 is 11.6. The van der Waals surface area contributed by atoms with E-state index in [0.29, 0.717) is 5.56 Å². The minimum Gasteiger partial charge on any atom is -0.469 e. The van der Waals surface area contributed by atoms with E-state index in [9.17, 15) is 19.5 Å². The number of rotatable bonds is 3. The SMILES string of the molecule is COC(=O)C1(C)C[C@@H](n2cc(C)c(=O)[nH]c2=O)O[C@@H]1CO. The van der Waals surface area contributed by atoms with Crippen molar-refractivity contribution in [2.24, 2.45) is 5.41 Å². The van der Waals surface area contributed by atoms with Gasteiger partial charge in [-0.25, -0.2) is 4.79 Å². The molecule has 1 unspecified atom stereocenters. The topological polar surface area (TPSA) is 111 Å². The number of hydrogen-bond donors (Lipinski definition) is 2. The number of ether oxygens (including phenoxy) is 2. The number of aliphatic hydroxyl groups excluding tert-OH is 1. The summed E-state index contributed by atoms with van der Waals surface area (Å²) in [6.07, 6.45) is 0.00271. The standard InChI is InChI=1S/C13H18N2O6/c1-7-5-15(12(19)14-10(7)17)9-4-13(2,11(18)20-3)8(6-16)21-9/h5,8-9,16H,4,6H2,1-3H3,(H,14,17,19)/t8-,9+,13?/m1/s1. The van der Waals surface area contributed by atoms with Crippen molar-refractivity contribution in [1.29, 1.82) is 0 Å². The highest BCUT2D eigenvalue weighted by molar-refractivity contribution is 5.77. The number of nitrogens with one attached hydrogen (secondary N) is 1. The number of aromatic amines is 1. The predicted molar refractivity (Wildman–Crippen MR) is 71.8 cm³/mol. The van der Waals surface area contributed by atoms with Gasteiger partial charge in [0.25, 0.3) is 5.56 Å². The Labute approximate surface area is 120 Å². The van der Waals surface area contributed by atoms with Gasteiger partial charge in [0.05, 0.1) is 25.2 Å². The lowest BCUT2D eigenvalue weighted by Crippen LogP contribution is -2.39. The molecule has 3 atom stereocenters. The van der Waals surface area contributed by atoms with E-state index in [1.807, 2.05) is 0 Å². The molecule has 0 spiro atoms. The van der Waals surface area contributed by atoms with Crippen molar-refractivity contribution in [2.75, 3.05) is 13.7 Å². The van der Waals surface area contributed by atoms with Gasteiger partial charge in [0.2, 0.25) is 0 Å². The molecule has 1 aromatic rings. The first kappa shape index (κ1) is 15.5. The maximum Gasteiger partial charge on any atom is 0.330 e. The fourth-order valence-corrected chi connectivity index (χ4v) is 2.54. The Balaban J connectivity index is 2.41. The molecule has 2 rings (SSSR count). The number of H-pyrrole nitrogens is 1. The number of carbonyl (C=O) groups excluding carboxylic acids is 1. The third-order valence-corrected chi connectivity index (χ3v) is 3.90. The summed E-state index contributed by atoms with van der Waals surface area (Å²) >= 11 is 0. The largest absolute Gasteiger partial charge is 0.469 e. The molecular formula is C13H18N2O6. The van der Waals surface area contributed by atoms with Gasteiger partial charge in [0.15, 0.2) is 0 Å². The molecule has 116 valence electrons. The van der Waals surface area contributed by atoms with Crippen LogP contribution in [0, 0.1) is 12.3 Å². The second kappa shape index (κ2) is 5.45. The van der Waals surface area contributed by atoms with Gasteiger partial charge in [0, 0.05) is 18.2 Å². The van der Waals surface area contributed by atoms with E-state index in [1.165, 1.54) is 17.9 Å². The zero-order valence-electron chi connectivity index (χ0n) is 12.1. The van der Waals surface area contributed by atoms with Gasteiger partial charge in [-0.05, 0) is 13.8 Å². The Hall–Kier alpha value is -1.93. The van der Waals surface area contributed by atoms with Crippen LogP contribution < -0.4 is 11.2 Å². The van der Waals surface area contributed by atoms with Crippen LogP contribution in [0.5, 0.6) is 0 Å². The van der Waals surface area contributed by atoms with Crippen molar-refractivity contribution < 1.29 is 19.4 Å². The molecule has 2 N–H and O–H groups in total. The fraction of sp³-hybridized carbons (Fsp3) is 0.615. The zero-order chi connectivity index (χ0) is 15.8. The smallest absolute Gasteiger partial charge is 0.330 e. The molecule has 0 aliphatic carbocycles. The first-order valence-corrected chi connectivity index (χ1v) is 6.50. The molecule has 1 fully saturated rings. The molecule has 0 saturated carbocycles. The maximum absolute atomic E-state index is 11.9. The molecule has 0 amide bonds. The van der Waals surface area contributed by atoms with Gasteiger partial charge >= 0.3 is 11.7 Å². The molecule has 1 aliphatic heterocycles. The Morgan fingerprint density at radius 2 is 2.29 bits per heavy atom. The molecule has 8 nitrogen and oxygen atoms in total. The number of nitrogens with zero attached hydrogens (tertiary/aromatic N) is 1. The molecule has 1 saturated heterocycles. The van der Waals surface area contributed by atoms with Gasteiger partial charge in [0.1, 0.15) is 6.23 Å². The lowest BCUT2D eigenvalue weighted by Gasteiger charge is -2.24. The van der Waals surface area contributed by atoms with Crippen LogP contribution in [0.1, 0.15) is 25.1 Å². The van der Waals surface area contributed by atoms with E-state index in [1.54, 1.807) is 13.8 Å². The average Bonchev–Trinajstić information content (AvgIpc) is 2.80. The molecule has 0 bridgehead atoms. The van der Waals surface area contributed by atoms with Gasteiger partial charge in [-0.1, -0.05) is 0 Å². The summed E-state index contributed by atoms with van der Waals surface area (Å²) in [5.74, 6) is -0.516. The van der Waals surface area contributed by atoms with Crippen LogP contribution in [-0.4, -0.2) is 40.4 Å². The van der Waals surface area contributed by atoms with Crippen LogP contribution in [0.15, 0.2) is 15.8 Å². The van der Waals surface area contributed by atoms with Crippen LogP contribution >= 0.6 is 0 Å². The van der Waals surface area contributed by atoms with Gasteiger partial charge in [-0.15, -0.1) is 0 Å². The fourth-order valence-electron chi connectivity index (χ4n) is 2.54. The number of methoxy groups -OCH3 is 1. The summed E-state index contributed by atoms with van der Waals surface area (Å²) in [7, 11) is 1.26. The van der Waals surface area contributed by atoms with Gasteiger partial charge in [-0.3, -0.25) is 19.1 Å². The van der Waals surface area contributed by atoms with Crippen molar-refractivity contribution in [3.05, 3.63) is 32.6 Å². The average molecular weight is 298 g/mol. The molecule has 0 aromatic carbocycles. The van der Waals surface area contributed by atoms with Crippen LogP contribution in [0.2, 0.25) is 0 Å². The predicted octanol–water partition coefficient (Wildman–Crippen LogP) is -0.696. The number of hydrogen-bond acceptors (Lipinski definition) is 6. The van der Waals surface area contributed by atoms with Crippen molar-refractivity contribution in [3.63, 3.8) is 0 Å². The van der Waals surface area contributed by atoms with E-state index in [-0.39, 0.29) is 13.0 Å². The second-order valence-corrected chi connectivity index (χ2v) is 5.35. The zero-order valence-corrected chi connectivity index (χ0v) is 12.1. The van der Waals surface area contributed by atoms with Crippen LogP contribution in [0.4, 0.5) is 0 Å². The lowest BCUT2D eigenvalue weighted by atomic mass is 9.83. The number of aliphatic hydroxyl groups is 1. The summed E-state index contributed by atoms with van der Waals surface area (Å²) in [5, 5.41) is 9.40. The highest BCUT2D eigenvalue weighted by Gasteiger charge is 2.52. The summed E-state index contributed by atoms with van der Waals surface area (Å²) in [5.41, 5.74) is -1.80. The van der Waals surface area contributed by atoms with Crippen molar-refractivity contribution in [2.45, 2.75) is 32.6 Å². The molecular weight excluding hydrogens is 280 g/mol. The first-order valence-electron chi connectivity index (χ1n) is 6.50. The third kappa shape index (κ3) is 2.52. The molecule has 1 aliphatic rings. The summed E-state index contributed by atoms with van der Waals surface area (Å²) in [6.45, 7) is 2.80. The number of esters is 1. The Kier molecular flexibility index (Phi) is 4.02. The second-order valence-electron chi connectivity index (χ2n) is 5.35. The Bertz CT molecular complexity index is 663. The quantitative estimate of drug-likeness (QED) is 0.714. The van der Waals surface area contributed by atoms with E-state index in [0.717, 1.165) is 0 Å². The molecule has 21 heavy (non-hydrogen) atoms. The number of carbonyl (C=O) groups is 1. The van der Waals surface area contributed by atoms with Gasteiger partial charge < -0.3 is 14.6 Å². The number of aromatic nitrogens is 2. The Morgan fingerprint density at radius 3 is 2.86 bits per heavy atom. The third-order valence-electron chi connectivity index (χ3n) is 3.90. The molecule has 1 aromatic heterocycles. The molecule has 2 heterocycles. The lowest BCUT2D eigenvalue weighted by molar-refractivity contribution is -0.156. The monoisotopic (exact) mass is 298 g/mol. The highest BCUT2D eigenvalue weighted by atomic mass is 16.5. The maximum atomic E-state index is 11.9. The Morgan fingerprint density at radius 1 is 1.62 bits per heavy atom. The number of aryl methyl sites for hydroxylation is 1. The molecule has 0 radical (unpaired) electrons. The highest BCUT2D eigenvalue weighted by Crippen LogP contribution is 2.43. The minimum atomic E-state index is -1.06. The van der Waals surface area contributed by atoms with Crippen LogP contribution in [0.3, 0.4) is 0 Å². The van der Waals surface area contributed by atoms with Crippen molar-refractivity contribution in [1.82, 2.24) is 9.55 Å². The van der Waals surface area contributed by atoms with Crippen molar-refractivity contribution >= 4 is 5.97 Å². The first-order chi connectivity index (χ1) is 9.83. The minimum absolute atomic E-state index is 0.163.